The van der Waals surface area contributed by atoms with Crippen molar-refractivity contribution in [3.8, 4) is 0 Å². The third-order valence-corrected chi connectivity index (χ3v) is 6.34. The molecule has 3 heterocycles. The van der Waals surface area contributed by atoms with E-state index in [1.165, 1.54) is 11.3 Å². The standard InChI is InChI=1S/C19H26F2N6O3S/c1-18(2,29)10-22-15(28)25-16-23-12-5-7-27(9-13(12)31-16)17-24-14(26-30-17)11-4-3-6-19(20,21)8-11/h11,29H,3-10H2,1-2H3,(H2,22,23,25,28). The molecular weight excluding hydrogens is 430 g/mol. The van der Waals surface area contributed by atoms with Crippen LogP contribution in [0.3, 0.4) is 0 Å². The molecule has 2 aromatic rings. The van der Waals surface area contributed by atoms with Crippen molar-refractivity contribution >= 4 is 28.5 Å². The van der Waals surface area contributed by atoms with E-state index in [0.717, 1.165) is 10.6 Å². The number of rotatable bonds is 5. The van der Waals surface area contributed by atoms with E-state index in [2.05, 4.69) is 25.8 Å². The highest BCUT2D eigenvalue weighted by molar-refractivity contribution is 7.15. The van der Waals surface area contributed by atoms with Crippen LogP contribution in [0.5, 0.6) is 0 Å². The summed E-state index contributed by atoms with van der Waals surface area (Å²) in [4.78, 5) is 23.7. The van der Waals surface area contributed by atoms with Crippen LogP contribution in [0, 0.1) is 0 Å². The Kier molecular flexibility index (Phi) is 5.86. The lowest BCUT2D eigenvalue weighted by molar-refractivity contribution is -0.0418. The summed E-state index contributed by atoms with van der Waals surface area (Å²) in [6, 6.07) is -0.115. The van der Waals surface area contributed by atoms with E-state index in [1.54, 1.807) is 13.8 Å². The van der Waals surface area contributed by atoms with E-state index >= 15 is 0 Å². The summed E-state index contributed by atoms with van der Waals surface area (Å²) in [5.41, 5.74) is -0.109. The van der Waals surface area contributed by atoms with Gasteiger partial charge in [0.05, 0.1) is 17.8 Å². The molecule has 3 N–H and O–H groups in total. The fourth-order valence-corrected chi connectivity index (χ4v) is 4.78. The average molecular weight is 457 g/mol. The molecule has 1 saturated carbocycles. The zero-order chi connectivity index (χ0) is 22.2. The van der Waals surface area contributed by atoms with Crippen molar-refractivity contribution in [3.05, 3.63) is 16.4 Å². The molecule has 2 amide bonds. The number of hydrogen-bond acceptors (Lipinski definition) is 8. The van der Waals surface area contributed by atoms with Gasteiger partial charge in [0.2, 0.25) is 5.92 Å². The number of alkyl halides is 2. The minimum atomic E-state index is -2.67. The Morgan fingerprint density at radius 3 is 2.97 bits per heavy atom. The van der Waals surface area contributed by atoms with Crippen LogP contribution in [-0.4, -0.2) is 50.9 Å². The van der Waals surface area contributed by atoms with Crippen LogP contribution in [-0.2, 0) is 13.0 Å². The second-order valence-corrected chi connectivity index (χ2v) is 9.85. The Labute approximate surface area is 182 Å². The first-order valence-electron chi connectivity index (χ1n) is 10.3. The summed E-state index contributed by atoms with van der Waals surface area (Å²) in [7, 11) is 0. The summed E-state index contributed by atoms with van der Waals surface area (Å²) < 4.78 is 32.8. The topological polar surface area (TPSA) is 116 Å². The molecule has 1 aliphatic carbocycles. The third-order valence-electron chi connectivity index (χ3n) is 5.34. The maximum absolute atomic E-state index is 13.7. The predicted octanol–water partition coefficient (Wildman–Crippen LogP) is 3.27. The summed E-state index contributed by atoms with van der Waals surface area (Å²) >= 11 is 1.35. The Bertz CT molecular complexity index is 941. The minimum absolute atomic E-state index is 0.0827. The molecule has 2 aliphatic rings. The van der Waals surface area contributed by atoms with Crippen molar-refractivity contribution in [1.82, 2.24) is 20.4 Å². The molecule has 4 rings (SSSR count). The second kappa shape index (κ2) is 8.30. The first-order valence-corrected chi connectivity index (χ1v) is 11.1. The molecule has 31 heavy (non-hydrogen) atoms. The summed E-state index contributed by atoms with van der Waals surface area (Å²) in [5, 5.41) is 19.4. The van der Waals surface area contributed by atoms with Gasteiger partial charge in [0.25, 0.3) is 0 Å². The van der Waals surface area contributed by atoms with Crippen molar-refractivity contribution in [2.45, 2.75) is 69.9 Å². The van der Waals surface area contributed by atoms with E-state index in [1.807, 2.05) is 4.90 Å². The molecule has 9 nitrogen and oxygen atoms in total. The van der Waals surface area contributed by atoms with Gasteiger partial charge in [-0.3, -0.25) is 5.32 Å². The van der Waals surface area contributed by atoms with Crippen molar-refractivity contribution in [2.24, 2.45) is 0 Å². The number of hydrogen-bond donors (Lipinski definition) is 3. The Balaban J connectivity index is 1.37. The van der Waals surface area contributed by atoms with Gasteiger partial charge < -0.3 is 19.8 Å². The lowest BCUT2D eigenvalue weighted by Gasteiger charge is -2.26. The number of urea groups is 1. The SMILES string of the molecule is CC(C)(O)CNC(=O)Nc1nc2c(s1)CN(c1nc(C3CCCC(F)(F)C3)no1)CC2. The maximum Gasteiger partial charge on any atom is 0.324 e. The monoisotopic (exact) mass is 456 g/mol. The number of carbonyl (C=O) groups is 1. The molecule has 0 radical (unpaired) electrons. The minimum Gasteiger partial charge on any atom is -0.389 e. The number of nitrogens with one attached hydrogen (secondary N) is 2. The number of aliphatic hydroxyl groups is 1. The van der Waals surface area contributed by atoms with Gasteiger partial charge in [-0.1, -0.05) is 16.5 Å². The van der Waals surface area contributed by atoms with Gasteiger partial charge in [0.15, 0.2) is 11.0 Å². The Hall–Kier alpha value is -2.34. The highest BCUT2D eigenvalue weighted by Crippen LogP contribution is 2.41. The van der Waals surface area contributed by atoms with Crippen molar-refractivity contribution in [3.63, 3.8) is 0 Å². The van der Waals surface area contributed by atoms with Gasteiger partial charge in [0.1, 0.15) is 0 Å². The molecule has 1 unspecified atom stereocenters. The van der Waals surface area contributed by atoms with Crippen LogP contribution in [0.15, 0.2) is 4.52 Å². The van der Waals surface area contributed by atoms with Crippen molar-refractivity contribution in [2.75, 3.05) is 23.3 Å². The number of anilines is 2. The van der Waals surface area contributed by atoms with Crippen molar-refractivity contribution in [1.29, 1.82) is 0 Å². The number of halogens is 2. The van der Waals surface area contributed by atoms with Crippen LogP contribution in [0.4, 0.5) is 24.7 Å². The van der Waals surface area contributed by atoms with E-state index < -0.39 is 17.6 Å². The van der Waals surface area contributed by atoms with Gasteiger partial charge in [-0.15, -0.1) is 0 Å². The van der Waals surface area contributed by atoms with Crippen LogP contribution in [0.2, 0.25) is 0 Å². The third kappa shape index (κ3) is 5.48. The molecule has 0 aromatic carbocycles. The first-order chi connectivity index (χ1) is 14.6. The molecule has 170 valence electrons. The molecule has 1 fully saturated rings. The van der Waals surface area contributed by atoms with Gasteiger partial charge in [-0.25, -0.2) is 18.6 Å². The number of aromatic nitrogens is 3. The number of thiazole rings is 1. The van der Waals surface area contributed by atoms with E-state index in [4.69, 9.17) is 4.52 Å². The number of nitrogens with zero attached hydrogens (tertiary/aromatic N) is 4. The normalized spacial score (nSPS) is 20.9. The summed E-state index contributed by atoms with van der Waals surface area (Å²) in [6.45, 7) is 4.41. The first kappa shape index (κ1) is 21.9. The van der Waals surface area contributed by atoms with E-state index in [9.17, 15) is 18.7 Å². The molecule has 12 heteroatoms. The zero-order valence-electron chi connectivity index (χ0n) is 17.5. The molecule has 1 atom stereocenters. The van der Waals surface area contributed by atoms with Gasteiger partial charge in [-0.05, 0) is 26.7 Å². The van der Waals surface area contributed by atoms with Crippen LogP contribution in [0.1, 0.15) is 61.8 Å². The molecule has 2 aromatic heterocycles. The Morgan fingerprint density at radius 1 is 1.42 bits per heavy atom. The largest absolute Gasteiger partial charge is 0.389 e. The van der Waals surface area contributed by atoms with Gasteiger partial charge in [0, 0.05) is 43.1 Å². The molecule has 0 spiro atoms. The average Bonchev–Trinajstić information content (AvgIpc) is 3.31. The Morgan fingerprint density at radius 2 is 2.23 bits per heavy atom. The zero-order valence-corrected chi connectivity index (χ0v) is 18.3. The maximum atomic E-state index is 13.7. The fourth-order valence-electron chi connectivity index (χ4n) is 3.76. The van der Waals surface area contributed by atoms with Crippen molar-refractivity contribution < 1.29 is 23.2 Å². The predicted molar refractivity (Wildman–Crippen MR) is 111 cm³/mol. The molecule has 0 bridgehead atoms. The fraction of sp³-hybridized carbons (Fsp3) is 0.684. The molecule has 0 saturated heterocycles. The summed E-state index contributed by atoms with van der Waals surface area (Å²) in [6.07, 6.45) is 1.40. The number of amides is 2. The lowest BCUT2D eigenvalue weighted by atomic mass is 9.86. The summed E-state index contributed by atoms with van der Waals surface area (Å²) in [5.74, 6) is -2.71. The number of fused-ring (bicyclic) bond motifs is 1. The smallest absolute Gasteiger partial charge is 0.324 e. The number of carbonyl (C=O) groups excluding carboxylic acids is 1. The lowest BCUT2D eigenvalue weighted by Crippen LogP contribution is -2.40. The van der Waals surface area contributed by atoms with Crippen LogP contribution >= 0.6 is 11.3 Å². The highest BCUT2D eigenvalue weighted by Gasteiger charge is 2.39. The quantitative estimate of drug-likeness (QED) is 0.632. The van der Waals surface area contributed by atoms with Crippen LogP contribution < -0.4 is 15.5 Å². The van der Waals surface area contributed by atoms with E-state index in [0.29, 0.717) is 49.3 Å². The highest BCUT2D eigenvalue weighted by atomic mass is 32.1. The molecular formula is C19H26F2N6O3S. The van der Waals surface area contributed by atoms with Crippen LogP contribution in [0.25, 0.3) is 0 Å². The molecule has 1 aliphatic heterocycles. The van der Waals surface area contributed by atoms with Gasteiger partial charge >= 0.3 is 12.0 Å². The van der Waals surface area contributed by atoms with E-state index in [-0.39, 0.29) is 25.3 Å². The second-order valence-electron chi connectivity index (χ2n) is 8.76. The van der Waals surface area contributed by atoms with Gasteiger partial charge in [-0.2, -0.15) is 4.98 Å².